The van der Waals surface area contributed by atoms with Gasteiger partial charge in [-0.15, -0.1) is 0 Å². The lowest BCUT2D eigenvalue weighted by Crippen LogP contribution is -2.22. The van der Waals surface area contributed by atoms with Crippen LogP contribution in [-0.4, -0.2) is 6.54 Å². The van der Waals surface area contributed by atoms with Gasteiger partial charge in [0.05, 0.1) is 0 Å². The molecular weight excluding hydrogens is 272 g/mol. The number of unbranched alkanes of at least 4 members (excludes halogenated alkanes) is 15. The van der Waals surface area contributed by atoms with E-state index in [0.717, 1.165) is 6.54 Å². The minimum atomic E-state index is 0.971. The Morgan fingerprint density at radius 2 is 0.773 bits per heavy atom. The van der Waals surface area contributed by atoms with Crippen LogP contribution >= 0.6 is 0 Å². The van der Waals surface area contributed by atoms with Crippen LogP contribution in [0.3, 0.4) is 0 Å². The summed E-state index contributed by atoms with van der Waals surface area (Å²) in [5, 5.41) is 0. The van der Waals surface area contributed by atoms with Crippen molar-refractivity contribution < 1.29 is 0 Å². The Morgan fingerprint density at radius 1 is 0.500 bits per heavy atom. The van der Waals surface area contributed by atoms with Crippen LogP contribution in [0.25, 0.3) is 0 Å². The average molecular weight is 317 g/mol. The number of rotatable bonds is 17. The van der Waals surface area contributed by atoms with Crippen LogP contribution in [0.5, 0.6) is 0 Å². The zero-order valence-corrected chi connectivity index (χ0v) is 15.3. The van der Waals surface area contributed by atoms with Crippen molar-refractivity contribution in [3.8, 4) is 0 Å². The lowest BCUT2D eigenvalue weighted by Gasteiger charge is -2.03. The smallest absolute Gasteiger partial charge is 0.00974 e. The van der Waals surface area contributed by atoms with Crippen molar-refractivity contribution in [2.75, 3.05) is 6.54 Å². The Morgan fingerprint density at radius 3 is 1.05 bits per heavy atom. The van der Waals surface area contributed by atoms with E-state index in [9.17, 15) is 0 Å². The van der Waals surface area contributed by atoms with Crippen LogP contribution in [0.4, 0.5) is 0 Å². The molecule has 0 unspecified atom stereocenters. The van der Waals surface area contributed by atoms with Crippen LogP contribution in [0.2, 0.25) is 0 Å². The van der Waals surface area contributed by atoms with Gasteiger partial charge >= 0.3 is 0 Å². The number of hydrogen-bond acceptors (Lipinski definition) is 4. The minimum Gasteiger partial charge on any atom is -0.274 e. The molecule has 136 valence electrons. The second kappa shape index (κ2) is 25.8. The molecule has 0 spiro atoms. The Kier molecular flexibility index (Phi) is 28.2. The summed E-state index contributed by atoms with van der Waals surface area (Å²) in [7, 11) is 0. The average Bonchev–Trinajstić information content (AvgIpc) is 2.56. The molecule has 0 saturated carbocycles. The van der Waals surface area contributed by atoms with Gasteiger partial charge in [-0.05, 0) is 6.42 Å². The van der Waals surface area contributed by atoms with E-state index in [1.54, 1.807) is 0 Å². The van der Waals surface area contributed by atoms with Gasteiger partial charge in [-0.25, -0.2) is 0 Å². The second-order valence-corrected chi connectivity index (χ2v) is 6.26. The molecule has 0 rings (SSSR count). The van der Waals surface area contributed by atoms with Crippen molar-refractivity contribution in [3.05, 3.63) is 0 Å². The molecule has 0 aromatic heterocycles. The van der Waals surface area contributed by atoms with Gasteiger partial charge in [-0.1, -0.05) is 103 Å². The predicted octanol–water partition coefficient (Wildman–Crippen LogP) is 4.53. The molecule has 0 aliphatic rings. The molecule has 0 fully saturated rings. The summed E-state index contributed by atoms with van der Waals surface area (Å²) < 4.78 is 0. The van der Waals surface area contributed by atoms with E-state index in [4.69, 9.17) is 5.84 Å². The van der Waals surface area contributed by atoms with Gasteiger partial charge in [0.25, 0.3) is 0 Å². The highest BCUT2D eigenvalue weighted by atomic mass is 15.2. The van der Waals surface area contributed by atoms with Crippen molar-refractivity contribution in [2.24, 2.45) is 17.5 Å². The fourth-order valence-corrected chi connectivity index (χ4v) is 2.78. The quantitative estimate of drug-likeness (QED) is 0.180. The molecular formula is C18H44N4. The Labute approximate surface area is 139 Å². The van der Waals surface area contributed by atoms with Crippen molar-refractivity contribution in [1.82, 2.24) is 5.43 Å². The molecule has 0 aromatic rings. The third-order valence-electron chi connectivity index (χ3n) is 4.17. The maximum atomic E-state index is 5.24. The Bertz CT molecular complexity index is 147. The summed E-state index contributed by atoms with van der Waals surface area (Å²) in [6.07, 6.45) is 22.8. The molecule has 0 heterocycles. The maximum absolute atomic E-state index is 5.24. The van der Waals surface area contributed by atoms with Gasteiger partial charge in [0.15, 0.2) is 0 Å². The van der Waals surface area contributed by atoms with E-state index in [2.05, 4.69) is 24.0 Å². The third-order valence-corrected chi connectivity index (χ3v) is 4.17. The van der Waals surface area contributed by atoms with Gasteiger partial charge in [-0.2, -0.15) is 0 Å². The molecule has 0 bridgehead atoms. The zero-order chi connectivity index (χ0) is 16.7. The van der Waals surface area contributed by atoms with Crippen LogP contribution in [-0.2, 0) is 0 Å². The third kappa shape index (κ3) is 24.8. The van der Waals surface area contributed by atoms with Gasteiger partial charge < -0.3 is 0 Å². The first-order valence-corrected chi connectivity index (χ1v) is 9.68. The van der Waals surface area contributed by atoms with Gasteiger partial charge in [0.1, 0.15) is 0 Å². The lowest BCUT2D eigenvalue weighted by atomic mass is 10.0. The summed E-state index contributed by atoms with van der Waals surface area (Å²) in [5.74, 6) is 13.2. The van der Waals surface area contributed by atoms with Gasteiger partial charge in [0.2, 0.25) is 0 Å². The highest BCUT2D eigenvalue weighted by Crippen LogP contribution is 2.13. The predicted molar refractivity (Wildman–Crippen MR) is 100 cm³/mol. The molecule has 0 radical (unpaired) electrons. The number of hydrazine groups is 2. The van der Waals surface area contributed by atoms with Crippen LogP contribution in [0, 0.1) is 0 Å². The fraction of sp³-hybridized carbons (Fsp3) is 1.00. The molecule has 7 N–H and O–H groups in total. The molecule has 4 heteroatoms. The SMILES string of the molecule is CCCCCCCCCCCCCCCCCCNN.NN. The minimum absolute atomic E-state index is 0.971. The topological polar surface area (TPSA) is 90.1 Å². The fourth-order valence-electron chi connectivity index (χ4n) is 2.78. The zero-order valence-electron chi connectivity index (χ0n) is 15.3. The summed E-state index contributed by atoms with van der Waals surface area (Å²) in [6, 6.07) is 0. The first-order chi connectivity index (χ1) is 10.9. The van der Waals surface area contributed by atoms with Gasteiger partial charge in [0, 0.05) is 6.54 Å². The number of hydrogen-bond donors (Lipinski definition) is 4. The van der Waals surface area contributed by atoms with Crippen molar-refractivity contribution >= 4 is 0 Å². The highest BCUT2D eigenvalue weighted by molar-refractivity contribution is 4.50. The number of nitrogens with two attached hydrogens (primary N) is 3. The first kappa shape index (κ1) is 24.1. The summed E-state index contributed by atoms with van der Waals surface area (Å²) in [6.45, 7) is 3.26. The molecule has 0 amide bonds. The van der Waals surface area contributed by atoms with E-state index in [-0.39, 0.29) is 0 Å². The summed E-state index contributed by atoms with van der Waals surface area (Å²) >= 11 is 0. The molecule has 0 aliphatic heterocycles. The standard InChI is InChI=1S/C18H40N2.H4N2/c1-2-3-4-5-6-7-8-9-10-11-12-13-14-15-16-17-18-20-19;1-2/h20H,2-19H2,1H3;1-2H2. The molecule has 0 saturated heterocycles. The highest BCUT2D eigenvalue weighted by Gasteiger charge is 1.94. The van der Waals surface area contributed by atoms with E-state index in [1.165, 1.54) is 103 Å². The molecule has 0 aliphatic carbocycles. The first-order valence-electron chi connectivity index (χ1n) is 9.68. The molecule has 0 atom stereocenters. The largest absolute Gasteiger partial charge is 0.274 e. The van der Waals surface area contributed by atoms with E-state index >= 15 is 0 Å². The monoisotopic (exact) mass is 316 g/mol. The van der Waals surface area contributed by atoms with E-state index in [0.29, 0.717) is 0 Å². The van der Waals surface area contributed by atoms with Gasteiger partial charge in [-0.3, -0.25) is 23.0 Å². The van der Waals surface area contributed by atoms with Crippen molar-refractivity contribution in [1.29, 1.82) is 0 Å². The van der Waals surface area contributed by atoms with Crippen LogP contribution < -0.4 is 23.0 Å². The summed E-state index contributed by atoms with van der Waals surface area (Å²) in [5.41, 5.74) is 2.72. The summed E-state index contributed by atoms with van der Waals surface area (Å²) in [4.78, 5) is 0. The Hall–Kier alpha value is -0.160. The molecule has 22 heavy (non-hydrogen) atoms. The lowest BCUT2D eigenvalue weighted by molar-refractivity contribution is 0.526. The van der Waals surface area contributed by atoms with Crippen molar-refractivity contribution in [3.63, 3.8) is 0 Å². The second-order valence-electron chi connectivity index (χ2n) is 6.26. The van der Waals surface area contributed by atoms with E-state index < -0.39 is 0 Å². The normalized spacial score (nSPS) is 10.4. The molecule has 0 aromatic carbocycles. The van der Waals surface area contributed by atoms with Crippen molar-refractivity contribution in [2.45, 2.75) is 110 Å². The van der Waals surface area contributed by atoms with Crippen LogP contribution in [0.1, 0.15) is 110 Å². The van der Waals surface area contributed by atoms with Crippen LogP contribution in [0.15, 0.2) is 0 Å². The Balaban J connectivity index is 0. The maximum Gasteiger partial charge on any atom is 0.00974 e. The van der Waals surface area contributed by atoms with E-state index in [1.807, 2.05) is 0 Å². The number of nitrogens with one attached hydrogen (secondary N) is 1. The molecule has 4 nitrogen and oxygen atoms in total.